The highest BCUT2D eigenvalue weighted by Crippen LogP contribution is 2.17. The first-order valence-corrected chi connectivity index (χ1v) is 6.82. The highest BCUT2D eigenvalue weighted by atomic mass is 15.1. The maximum Gasteiger partial charge on any atom is 0.227 e. The predicted molar refractivity (Wildman–Crippen MR) is 79.8 cm³/mol. The van der Waals surface area contributed by atoms with Crippen LogP contribution in [0.4, 0.5) is 11.6 Å². The molecule has 2 rings (SSSR count). The summed E-state index contributed by atoms with van der Waals surface area (Å²) < 4.78 is 0. The van der Waals surface area contributed by atoms with Crippen LogP contribution in [0.15, 0.2) is 30.5 Å². The van der Waals surface area contributed by atoms with Gasteiger partial charge in [0, 0.05) is 17.6 Å². The summed E-state index contributed by atoms with van der Waals surface area (Å²) in [5, 5.41) is 12.2. The smallest absolute Gasteiger partial charge is 0.227 e. The Labute approximate surface area is 119 Å². The number of aryl methyl sites for hydroxylation is 2. The molecule has 102 valence electrons. The summed E-state index contributed by atoms with van der Waals surface area (Å²) in [7, 11) is 0. The first-order valence-electron chi connectivity index (χ1n) is 6.82. The SMILES string of the molecule is CCCCc1ccnc(Nc2ccc(C)c(C#N)c2)n1. The van der Waals surface area contributed by atoms with Gasteiger partial charge in [0.2, 0.25) is 5.95 Å². The molecule has 1 aromatic carbocycles. The summed E-state index contributed by atoms with van der Waals surface area (Å²) in [6.07, 6.45) is 5.00. The summed E-state index contributed by atoms with van der Waals surface area (Å²) in [5.41, 5.74) is 3.50. The van der Waals surface area contributed by atoms with Gasteiger partial charge in [-0.25, -0.2) is 9.97 Å². The summed E-state index contributed by atoms with van der Waals surface area (Å²) in [6, 6.07) is 9.79. The van der Waals surface area contributed by atoms with E-state index in [0.29, 0.717) is 11.5 Å². The Morgan fingerprint density at radius 2 is 2.15 bits per heavy atom. The number of benzene rings is 1. The fourth-order valence-electron chi connectivity index (χ4n) is 1.90. The van der Waals surface area contributed by atoms with Crippen LogP contribution in [-0.2, 0) is 6.42 Å². The Kier molecular flexibility index (Phi) is 4.67. The quantitative estimate of drug-likeness (QED) is 0.895. The molecular formula is C16H18N4. The van der Waals surface area contributed by atoms with Crippen LogP contribution in [0, 0.1) is 18.3 Å². The second kappa shape index (κ2) is 6.67. The molecule has 0 aliphatic heterocycles. The lowest BCUT2D eigenvalue weighted by atomic mass is 10.1. The first kappa shape index (κ1) is 14.0. The largest absolute Gasteiger partial charge is 0.324 e. The second-order valence-electron chi connectivity index (χ2n) is 4.74. The van der Waals surface area contributed by atoms with Crippen molar-refractivity contribution >= 4 is 11.6 Å². The second-order valence-corrected chi connectivity index (χ2v) is 4.74. The molecule has 0 atom stereocenters. The van der Waals surface area contributed by atoms with E-state index in [0.717, 1.165) is 36.2 Å². The van der Waals surface area contributed by atoms with Crippen LogP contribution in [0.25, 0.3) is 0 Å². The van der Waals surface area contributed by atoms with Crippen LogP contribution in [0.1, 0.15) is 36.6 Å². The molecule has 0 unspecified atom stereocenters. The molecule has 0 fully saturated rings. The van der Waals surface area contributed by atoms with Crippen molar-refractivity contribution in [3.63, 3.8) is 0 Å². The van der Waals surface area contributed by atoms with Gasteiger partial charge >= 0.3 is 0 Å². The van der Waals surface area contributed by atoms with Gasteiger partial charge in [0.05, 0.1) is 11.6 Å². The average Bonchev–Trinajstić information content (AvgIpc) is 2.47. The number of hydrogen-bond donors (Lipinski definition) is 1. The number of rotatable bonds is 5. The lowest BCUT2D eigenvalue weighted by Gasteiger charge is -2.07. The third-order valence-electron chi connectivity index (χ3n) is 3.11. The molecule has 1 N–H and O–H groups in total. The zero-order valence-corrected chi connectivity index (χ0v) is 11.8. The van der Waals surface area contributed by atoms with Crippen LogP contribution in [-0.4, -0.2) is 9.97 Å². The van der Waals surface area contributed by atoms with E-state index in [4.69, 9.17) is 5.26 Å². The molecule has 0 aliphatic rings. The van der Waals surface area contributed by atoms with E-state index in [1.54, 1.807) is 6.20 Å². The zero-order valence-electron chi connectivity index (χ0n) is 11.8. The molecule has 1 heterocycles. The number of hydrogen-bond acceptors (Lipinski definition) is 4. The van der Waals surface area contributed by atoms with E-state index in [2.05, 4.69) is 28.3 Å². The average molecular weight is 266 g/mol. The normalized spacial score (nSPS) is 10.1. The molecule has 0 saturated heterocycles. The van der Waals surface area contributed by atoms with Gasteiger partial charge in [0.1, 0.15) is 0 Å². The third-order valence-corrected chi connectivity index (χ3v) is 3.11. The minimum Gasteiger partial charge on any atom is -0.324 e. The van der Waals surface area contributed by atoms with Gasteiger partial charge in [-0.2, -0.15) is 5.26 Å². The fraction of sp³-hybridized carbons (Fsp3) is 0.312. The van der Waals surface area contributed by atoms with Gasteiger partial charge in [0.15, 0.2) is 0 Å². The first-order chi connectivity index (χ1) is 9.72. The van der Waals surface area contributed by atoms with Gasteiger partial charge in [-0.3, -0.25) is 0 Å². The van der Waals surface area contributed by atoms with Crippen molar-refractivity contribution in [2.24, 2.45) is 0 Å². The van der Waals surface area contributed by atoms with Crippen LogP contribution in [0.2, 0.25) is 0 Å². The predicted octanol–water partition coefficient (Wildman–Crippen LogP) is 3.74. The molecule has 0 aliphatic carbocycles. The molecule has 20 heavy (non-hydrogen) atoms. The molecule has 0 spiro atoms. The molecule has 0 amide bonds. The van der Waals surface area contributed by atoms with Crippen molar-refractivity contribution in [3.8, 4) is 6.07 Å². The lowest BCUT2D eigenvalue weighted by Crippen LogP contribution is -2.00. The van der Waals surface area contributed by atoms with E-state index in [-0.39, 0.29) is 0 Å². The van der Waals surface area contributed by atoms with Crippen LogP contribution in [0.5, 0.6) is 0 Å². The highest BCUT2D eigenvalue weighted by Gasteiger charge is 2.03. The van der Waals surface area contributed by atoms with Gasteiger partial charge in [-0.15, -0.1) is 0 Å². The fourth-order valence-corrected chi connectivity index (χ4v) is 1.90. The third kappa shape index (κ3) is 3.55. The Balaban J connectivity index is 2.15. The number of nitriles is 1. The van der Waals surface area contributed by atoms with Crippen molar-refractivity contribution in [2.45, 2.75) is 33.1 Å². The monoisotopic (exact) mass is 266 g/mol. The van der Waals surface area contributed by atoms with Crippen molar-refractivity contribution in [1.82, 2.24) is 9.97 Å². The van der Waals surface area contributed by atoms with Gasteiger partial charge in [0.25, 0.3) is 0 Å². The Morgan fingerprint density at radius 1 is 1.30 bits per heavy atom. The topological polar surface area (TPSA) is 61.6 Å². The maximum absolute atomic E-state index is 9.04. The van der Waals surface area contributed by atoms with E-state index in [9.17, 15) is 0 Å². The van der Waals surface area contributed by atoms with E-state index in [1.807, 2.05) is 31.2 Å². The van der Waals surface area contributed by atoms with Crippen molar-refractivity contribution in [3.05, 3.63) is 47.3 Å². The molecule has 0 saturated carbocycles. The van der Waals surface area contributed by atoms with Gasteiger partial charge < -0.3 is 5.32 Å². The van der Waals surface area contributed by atoms with Crippen molar-refractivity contribution in [2.75, 3.05) is 5.32 Å². The van der Waals surface area contributed by atoms with Gasteiger partial charge in [-0.05, 0) is 43.5 Å². The molecule has 4 heteroatoms. The molecular weight excluding hydrogens is 248 g/mol. The van der Waals surface area contributed by atoms with Crippen molar-refractivity contribution in [1.29, 1.82) is 5.26 Å². The number of aromatic nitrogens is 2. The Morgan fingerprint density at radius 3 is 2.90 bits per heavy atom. The Bertz CT molecular complexity index is 629. The summed E-state index contributed by atoms with van der Waals surface area (Å²) in [6.45, 7) is 4.08. The van der Waals surface area contributed by atoms with Crippen LogP contribution >= 0.6 is 0 Å². The summed E-state index contributed by atoms with van der Waals surface area (Å²) in [5.74, 6) is 0.575. The molecule has 0 bridgehead atoms. The number of nitrogens with one attached hydrogen (secondary N) is 1. The molecule has 2 aromatic rings. The zero-order chi connectivity index (χ0) is 14.4. The van der Waals surface area contributed by atoms with Crippen molar-refractivity contribution < 1.29 is 0 Å². The minimum absolute atomic E-state index is 0.575. The Hall–Kier alpha value is -2.41. The van der Waals surface area contributed by atoms with E-state index < -0.39 is 0 Å². The van der Waals surface area contributed by atoms with Crippen LogP contribution in [0.3, 0.4) is 0 Å². The number of unbranched alkanes of at least 4 members (excludes halogenated alkanes) is 1. The number of nitrogens with zero attached hydrogens (tertiary/aromatic N) is 3. The number of anilines is 2. The van der Waals surface area contributed by atoms with Gasteiger partial charge in [-0.1, -0.05) is 19.4 Å². The molecule has 1 aromatic heterocycles. The van der Waals surface area contributed by atoms with E-state index >= 15 is 0 Å². The molecule has 0 radical (unpaired) electrons. The minimum atomic E-state index is 0.575. The lowest BCUT2D eigenvalue weighted by molar-refractivity contribution is 0.774. The maximum atomic E-state index is 9.04. The molecule has 4 nitrogen and oxygen atoms in total. The standard InChI is InChI=1S/C16H18N4/c1-3-4-5-14-8-9-18-16(19-14)20-15-7-6-12(2)13(10-15)11-17/h6-10H,3-5H2,1-2H3,(H,18,19,20). The van der Waals surface area contributed by atoms with Crippen LogP contribution < -0.4 is 5.32 Å². The van der Waals surface area contributed by atoms with E-state index in [1.165, 1.54) is 0 Å². The summed E-state index contributed by atoms with van der Waals surface area (Å²) >= 11 is 0. The highest BCUT2D eigenvalue weighted by molar-refractivity contribution is 5.58. The summed E-state index contributed by atoms with van der Waals surface area (Å²) in [4.78, 5) is 8.69.